The van der Waals surface area contributed by atoms with Gasteiger partial charge in [-0.1, -0.05) is 18.2 Å². The van der Waals surface area contributed by atoms with Crippen molar-refractivity contribution < 1.29 is 9.53 Å². The van der Waals surface area contributed by atoms with Crippen molar-refractivity contribution in [2.24, 2.45) is 0 Å². The molecule has 1 atom stereocenters. The number of amides is 1. The van der Waals surface area contributed by atoms with E-state index >= 15 is 0 Å². The first-order valence-corrected chi connectivity index (χ1v) is 7.19. The fourth-order valence-electron chi connectivity index (χ4n) is 2.13. The van der Waals surface area contributed by atoms with E-state index in [4.69, 9.17) is 4.74 Å². The molecule has 0 aliphatic carbocycles. The number of hydrogen-bond donors (Lipinski definition) is 1. The molecule has 20 heavy (non-hydrogen) atoms. The summed E-state index contributed by atoms with van der Waals surface area (Å²) in [6, 6.07) is 11.7. The molecule has 5 heteroatoms. The Morgan fingerprint density at radius 3 is 2.90 bits per heavy atom. The summed E-state index contributed by atoms with van der Waals surface area (Å²) in [5, 5.41) is 2.82. The molecule has 0 saturated heterocycles. The first-order chi connectivity index (χ1) is 9.76. The zero-order chi connectivity index (χ0) is 13.9. The van der Waals surface area contributed by atoms with Crippen LogP contribution in [0.2, 0.25) is 0 Å². The molecule has 1 aromatic carbocycles. The van der Waals surface area contributed by atoms with Gasteiger partial charge >= 0.3 is 0 Å². The number of nitrogens with one attached hydrogen (secondary N) is 1. The molecule has 1 unspecified atom stereocenters. The Hall–Kier alpha value is -2.01. The number of pyridine rings is 1. The highest BCUT2D eigenvalue weighted by molar-refractivity contribution is 8.01. The van der Waals surface area contributed by atoms with Crippen LogP contribution in [0.5, 0.6) is 5.88 Å². The SMILES string of the molecule is COc1ccc(NC(=O)C2Cc3ccccc3S2)cn1. The van der Waals surface area contributed by atoms with Crippen LogP contribution >= 0.6 is 11.8 Å². The van der Waals surface area contributed by atoms with Crippen molar-refractivity contribution in [2.75, 3.05) is 12.4 Å². The van der Waals surface area contributed by atoms with Crippen LogP contribution in [0.3, 0.4) is 0 Å². The minimum atomic E-state index is -0.0745. The maximum absolute atomic E-state index is 12.2. The number of fused-ring (bicyclic) bond motifs is 1. The standard InChI is InChI=1S/C15H14N2O2S/c1-19-14-7-6-11(9-16-14)17-15(18)13-8-10-4-2-3-5-12(10)20-13/h2-7,9,13H,8H2,1H3,(H,17,18). The Morgan fingerprint density at radius 2 is 2.20 bits per heavy atom. The van der Waals surface area contributed by atoms with E-state index in [1.807, 2.05) is 12.1 Å². The van der Waals surface area contributed by atoms with E-state index in [9.17, 15) is 4.79 Å². The number of rotatable bonds is 3. The van der Waals surface area contributed by atoms with Gasteiger partial charge in [0.15, 0.2) is 0 Å². The predicted molar refractivity (Wildman–Crippen MR) is 79.2 cm³/mol. The average Bonchev–Trinajstić information content (AvgIpc) is 2.92. The first-order valence-electron chi connectivity index (χ1n) is 6.32. The van der Waals surface area contributed by atoms with Gasteiger partial charge in [0, 0.05) is 11.0 Å². The molecule has 0 spiro atoms. The van der Waals surface area contributed by atoms with Crippen molar-refractivity contribution in [3.63, 3.8) is 0 Å². The van der Waals surface area contributed by atoms with Gasteiger partial charge in [-0.2, -0.15) is 0 Å². The van der Waals surface area contributed by atoms with Crippen LogP contribution in [0.25, 0.3) is 0 Å². The molecule has 0 saturated carbocycles. The molecule has 1 aromatic heterocycles. The lowest BCUT2D eigenvalue weighted by Gasteiger charge is -2.09. The fourth-order valence-corrected chi connectivity index (χ4v) is 3.32. The number of methoxy groups -OCH3 is 1. The number of thioether (sulfide) groups is 1. The van der Waals surface area contributed by atoms with Gasteiger partial charge < -0.3 is 10.1 Å². The second-order valence-electron chi connectivity index (χ2n) is 4.50. The highest BCUT2D eigenvalue weighted by Crippen LogP contribution is 2.37. The molecule has 102 valence electrons. The quantitative estimate of drug-likeness (QED) is 0.942. The van der Waals surface area contributed by atoms with Crippen LogP contribution in [0.15, 0.2) is 47.5 Å². The van der Waals surface area contributed by atoms with Crippen molar-refractivity contribution in [3.8, 4) is 5.88 Å². The fraction of sp³-hybridized carbons (Fsp3) is 0.200. The van der Waals surface area contributed by atoms with Crippen molar-refractivity contribution >= 4 is 23.4 Å². The zero-order valence-electron chi connectivity index (χ0n) is 11.0. The van der Waals surface area contributed by atoms with Crippen molar-refractivity contribution in [2.45, 2.75) is 16.6 Å². The monoisotopic (exact) mass is 286 g/mol. The number of carbonyl (C=O) groups excluding carboxylic acids is 1. The summed E-state index contributed by atoms with van der Waals surface area (Å²) in [6.45, 7) is 0. The minimum absolute atomic E-state index is 0.0122. The summed E-state index contributed by atoms with van der Waals surface area (Å²) in [6.07, 6.45) is 2.37. The first kappa shape index (κ1) is 13.0. The van der Waals surface area contributed by atoms with Crippen molar-refractivity contribution in [1.29, 1.82) is 0 Å². The number of anilines is 1. The molecule has 0 bridgehead atoms. The van der Waals surface area contributed by atoms with Gasteiger partial charge in [0.05, 0.1) is 24.2 Å². The Morgan fingerprint density at radius 1 is 1.35 bits per heavy atom. The Labute approximate surface area is 121 Å². The summed E-state index contributed by atoms with van der Waals surface area (Å²) in [4.78, 5) is 17.5. The molecule has 3 rings (SSSR count). The molecule has 4 nitrogen and oxygen atoms in total. The van der Waals surface area contributed by atoms with Crippen LogP contribution in [0.4, 0.5) is 5.69 Å². The van der Waals surface area contributed by atoms with E-state index in [0.717, 1.165) is 6.42 Å². The molecule has 1 aliphatic rings. The van der Waals surface area contributed by atoms with Gasteiger partial charge in [0.2, 0.25) is 11.8 Å². The van der Waals surface area contributed by atoms with E-state index in [1.165, 1.54) is 10.5 Å². The van der Waals surface area contributed by atoms with Gasteiger partial charge in [-0.3, -0.25) is 4.79 Å². The second kappa shape index (κ2) is 5.54. The predicted octanol–water partition coefficient (Wildman–Crippen LogP) is 2.75. The molecule has 1 N–H and O–H groups in total. The lowest BCUT2D eigenvalue weighted by Crippen LogP contribution is -2.24. The molecule has 0 radical (unpaired) electrons. The van der Waals surface area contributed by atoms with Crippen LogP contribution in [-0.2, 0) is 11.2 Å². The number of ether oxygens (including phenoxy) is 1. The topological polar surface area (TPSA) is 51.2 Å². The molecule has 1 aliphatic heterocycles. The normalized spacial score (nSPS) is 16.6. The van der Waals surface area contributed by atoms with E-state index in [2.05, 4.69) is 22.4 Å². The Balaban J connectivity index is 1.66. The molecular formula is C15H14N2O2S. The third kappa shape index (κ3) is 2.63. The largest absolute Gasteiger partial charge is 0.481 e. The Bertz CT molecular complexity index is 603. The number of hydrogen-bond acceptors (Lipinski definition) is 4. The van der Waals surface area contributed by atoms with Gasteiger partial charge in [-0.05, 0) is 24.1 Å². The third-order valence-corrected chi connectivity index (χ3v) is 4.47. The van der Waals surface area contributed by atoms with Crippen molar-refractivity contribution in [3.05, 3.63) is 48.2 Å². The summed E-state index contributed by atoms with van der Waals surface area (Å²) < 4.78 is 4.99. The van der Waals surface area contributed by atoms with E-state index < -0.39 is 0 Å². The minimum Gasteiger partial charge on any atom is -0.481 e. The summed E-state index contributed by atoms with van der Waals surface area (Å²) in [7, 11) is 1.56. The van der Waals surface area contributed by atoms with Gasteiger partial charge in [-0.25, -0.2) is 4.98 Å². The van der Waals surface area contributed by atoms with E-state index in [-0.39, 0.29) is 11.2 Å². The van der Waals surface area contributed by atoms with E-state index in [1.54, 1.807) is 37.2 Å². The average molecular weight is 286 g/mol. The van der Waals surface area contributed by atoms with Crippen LogP contribution < -0.4 is 10.1 Å². The molecule has 1 amide bonds. The second-order valence-corrected chi connectivity index (χ2v) is 5.74. The van der Waals surface area contributed by atoms with Gasteiger partial charge in [0.1, 0.15) is 0 Å². The summed E-state index contributed by atoms with van der Waals surface area (Å²) >= 11 is 1.61. The van der Waals surface area contributed by atoms with Crippen LogP contribution in [0, 0.1) is 0 Å². The lowest BCUT2D eigenvalue weighted by atomic mass is 10.1. The molecule has 0 fully saturated rings. The van der Waals surface area contributed by atoms with Crippen LogP contribution in [-0.4, -0.2) is 23.3 Å². The lowest BCUT2D eigenvalue weighted by molar-refractivity contribution is -0.115. The molecule has 2 aromatic rings. The number of benzene rings is 1. The number of carbonyl (C=O) groups is 1. The molecule has 2 heterocycles. The summed E-state index contributed by atoms with van der Waals surface area (Å²) in [5.74, 6) is 0.545. The molecular weight excluding hydrogens is 272 g/mol. The highest BCUT2D eigenvalue weighted by atomic mass is 32.2. The smallest absolute Gasteiger partial charge is 0.238 e. The van der Waals surface area contributed by atoms with Crippen molar-refractivity contribution in [1.82, 2.24) is 4.98 Å². The number of aromatic nitrogens is 1. The van der Waals surface area contributed by atoms with Crippen LogP contribution in [0.1, 0.15) is 5.56 Å². The zero-order valence-corrected chi connectivity index (χ0v) is 11.8. The van der Waals surface area contributed by atoms with E-state index in [0.29, 0.717) is 11.6 Å². The maximum atomic E-state index is 12.2. The number of nitrogens with zero attached hydrogens (tertiary/aromatic N) is 1. The third-order valence-electron chi connectivity index (χ3n) is 3.15. The Kier molecular flexibility index (Phi) is 3.60. The maximum Gasteiger partial charge on any atom is 0.238 e. The van der Waals surface area contributed by atoms with Gasteiger partial charge in [0.25, 0.3) is 0 Å². The highest BCUT2D eigenvalue weighted by Gasteiger charge is 2.27. The van der Waals surface area contributed by atoms with Gasteiger partial charge in [-0.15, -0.1) is 11.8 Å². The summed E-state index contributed by atoms with van der Waals surface area (Å²) in [5.41, 5.74) is 1.93.